The summed E-state index contributed by atoms with van der Waals surface area (Å²) in [6.45, 7) is 1.63. The summed E-state index contributed by atoms with van der Waals surface area (Å²) in [7, 11) is -1.24. The third-order valence-corrected chi connectivity index (χ3v) is 7.22. The van der Waals surface area contributed by atoms with Gasteiger partial charge in [0.2, 0.25) is 5.91 Å². The van der Waals surface area contributed by atoms with E-state index in [-0.39, 0.29) is 17.7 Å². The molecule has 7 heteroatoms. The third kappa shape index (κ3) is 4.74. The number of rotatable bonds is 7. The lowest BCUT2D eigenvalue weighted by Gasteiger charge is -2.14. The molecule has 3 aromatic rings. The number of carbonyl (C=O) groups is 1. The number of amides is 1. The van der Waals surface area contributed by atoms with Crippen molar-refractivity contribution in [2.75, 3.05) is 18.4 Å². The van der Waals surface area contributed by atoms with Gasteiger partial charge in [-0.15, -0.1) is 0 Å². The lowest BCUT2D eigenvalue weighted by Crippen LogP contribution is -2.24. The molecule has 2 aliphatic rings. The monoisotopic (exact) mass is 446 g/mol. The number of benzene rings is 2. The second kappa shape index (κ2) is 9.22. The Morgan fingerprint density at radius 3 is 2.81 bits per heavy atom. The van der Waals surface area contributed by atoms with Crippen LogP contribution in [0.5, 0.6) is 0 Å². The highest BCUT2D eigenvalue weighted by molar-refractivity contribution is 7.83. The number of hydrogen-bond acceptors (Lipinski definition) is 4. The summed E-state index contributed by atoms with van der Waals surface area (Å²) in [4.78, 5) is 17.6. The number of carbonyl (C=O) groups excluding carboxylic acids is 1. The molecule has 0 bridgehead atoms. The number of aromatic nitrogens is 1. The van der Waals surface area contributed by atoms with Crippen LogP contribution in [-0.4, -0.2) is 28.2 Å². The second-order valence-electron chi connectivity index (χ2n) is 8.39. The average Bonchev–Trinajstić information content (AvgIpc) is 3.64. The molecule has 6 nitrogen and oxygen atoms in total. The Hall–Kier alpha value is -3.03. The van der Waals surface area contributed by atoms with Crippen molar-refractivity contribution in [3.05, 3.63) is 78.3 Å². The number of nitrogens with one attached hydrogen (secondary N) is 3. The van der Waals surface area contributed by atoms with E-state index in [0.717, 1.165) is 52.7 Å². The van der Waals surface area contributed by atoms with Crippen LogP contribution in [0.3, 0.4) is 0 Å². The van der Waals surface area contributed by atoms with Crippen LogP contribution in [0.4, 0.5) is 5.69 Å². The van der Waals surface area contributed by atoms with Crippen LogP contribution < -0.4 is 15.4 Å². The van der Waals surface area contributed by atoms with Gasteiger partial charge in [0.15, 0.2) is 0 Å². The number of pyridine rings is 1. The van der Waals surface area contributed by atoms with E-state index >= 15 is 0 Å². The normalized spacial score (nSPS) is 20.8. The van der Waals surface area contributed by atoms with Crippen molar-refractivity contribution < 1.29 is 9.00 Å². The fourth-order valence-corrected chi connectivity index (χ4v) is 5.04. The minimum absolute atomic E-state index is 0.0247. The molecule has 1 aromatic heterocycles. The predicted molar refractivity (Wildman–Crippen MR) is 127 cm³/mol. The highest BCUT2D eigenvalue weighted by Crippen LogP contribution is 2.48. The minimum atomic E-state index is -1.24. The van der Waals surface area contributed by atoms with Crippen LogP contribution in [0.15, 0.2) is 77.6 Å². The van der Waals surface area contributed by atoms with Crippen molar-refractivity contribution in [3.8, 4) is 0 Å². The van der Waals surface area contributed by atoms with E-state index < -0.39 is 11.0 Å². The highest BCUT2D eigenvalue weighted by Gasteiger charge is 2.43. The molecule has 1 aliphatic carbocycles. The minimum Gasteiger partial charge on any atom is -0.391 e. The summed E-state index contributed by atoms with van der Waals surface area (Å²) < 4.78 is 15.6. The van der Waals surface area contributed by atoms with Gasteiger partial charge >= 0.3 is 0 Å². The van der Waals surface area contributed by atoms with Crippen molar-refractivity contribution in [1.82, 2.24) is 15.0 Å². The first-order valence-electron chi connectivity index (χ1n) is 11.0. The van der Waals surface area contributed by atoms with E-state index in [1.807, 2.05) is 60.9 Å². The van der Waals surface area contributed by atoms with Crippen LogP contribution >= 0.6 is 0 Å². The smallest absolute Gasteiger partial charge is 0.228 e. The maximum absolute atomic E-state index is 12.7. The van der Waals surface area contributed by atoms with Gasteiger partial charge in [0, 0.05) is 42.5 Å². The molecule has 0 radical (unpaired) electrons. The maximum atomic E-state index is 12.7. The molecular formula is C25H26N4O2S. The van der Waals surface area contributed by atoms with Crippen LogP contribution in [-0.2, 0) is 15.8 Å². The highest BCUT2D eigenvalue weighted by atomic mass is 32.2. The van der Waals surface area contributed by atoms with E-state index in [2.05, 4.69) is 20.3 Å². The van der Waals surface area contributed by atoms with Gasteiger partial charge in [0.05, 0.1) is 4.90 Å². The van der Waals surface area contributed by atoms with Gasteiger partial charge < -0.3 is 10.6 Å². The standard InChI is InChI=1S/C25H26N4O2S/c30-25(29-21-6-3-20-16-27-11-9-19(20)12-21)24-13-23(24)18-4-7-22(8-5-18)32(31)28-15-17-2-1-10-26-14-17/h3-9,11-12,14,16,23-24,26,28H,1-2,10,13,15H2,(H,29,30)/t23-,24?,32?/m0/s1. The van der Waals surface area contributed by atoms with E-state index in [1.165, 1.54) is 5.57 Å². The Bertz CT molecular complexity index is 1190. The fourth-order valence-electron chi connectivity index (χ4n) is 4.18. The first kappa shape index (κ1) is 20.8. The lowest BCUT2D eigenvalue weighted by molar-refractivity contribution is -0.117. The number of anilines is 1. The Kier molecular flexibility index (Phi) is 6.01. The zero-order valence-corrected chi connectivity index (χ0v) is 18.5. The topological polar surface area (TPSA) is 83.1 Å². The fraction of sp³-hybridized carbons (Fsp3) is 0.280. The van der Waals surface area contributed by atoms with Crippen molar-refractivity contribution in [3.63, 3.8) is 0 Å². The molecule has 0 saturated heterocycles. The first-order valence-corrected chi connectivity index (χ1v) is 12.1. The Balaban J connectivity index is 1.16. The second-order valence-corrected chi connectivity index (χ2v) is 9.69. The molecule has 2 aromatic carbocycles. The molecule has 3 atom stereocenters. The van der Waals surface area contributed by atoms with E-state index in [0.29, 0.717) is 6.54 Å². The molecule has 32 heavy (non-hydrogen) atoms. The zero-order chi connectivity index (χ0) is 21.9. The Morgan fingerprint density at radius 2 is 2.00 bits per heavy atom. The van der Waals surface area contributed by atoms with Gasteiger partial charge in [0.1, 0.15) is 11.0 Å². The van der Waals surface area contributed by atoms with E-state index in [9.17, 15) is 9.00 Å². The van der Waals surface area contributed by atoms with Crippen LogP contribution in [0.2, 0.25) is 0 Å². The quantitative estimate of drug-likeness (QED) is 0.515. The van der Waals surface area contributed by atoms with Gasteiger partial charge in [0.25, 0.3) is 0 Å². The third-order valence-electron chi connectivity index (χ3n) is 6.11. The molecule has 2 heterocycles. The Labute approximate surface area is 190 Å². The largest absolute Gasteiger partial charge is 0.391 e. The summed E-state index contributed by atoms with van der Waals surface area (Å²) >= 11 is 0. The van der Waals surface area contributed by atoms with Crippen LogP contribution in [0, 0.1) is 5.92 Å². The number of hydrogen-bond donors (Lipinski definition) is 3. The SMILES string of the molecule is O=C(Nc1ccc2cnccc2c1)C1C[C@H]1c1ccc(S(=O)NCC2=CNCCC2)cc1. The maximum Gasteiger partial charge on any atom is 0.228 e. The summed E-state index contributed by atoms with van der Waals surface area (Å²) in [6, 6.07) is 15.6. The number of fused-ring (bicyclic) bond motifs is 1. The average molecular weight is 447 g/mol. The summed E-state index contributed by atoms with van der Waals surface area (Å²) in [5.41, 5.74) is 3.17. The summed E-state index contributed by atoms with van der Waals surface area (Å²) in [6.07, 6.45) is 8.58. The van der Waals surface area contributed by atoms with E-state index in [1.54, 1.807) is 6.20 Å². The Morgan fingerprint density at radius 1 is 1.12 bits per heavy atom. The van der Waals surface area contributed by atoms with Crippen molar-refractivity contribution in [1.29, 1.82) is 0 Å². The molecule has 1 saturated carbocycles. The van der Waals surface area contributed by atoms with Gasteiger partial charge in [-0.3, -0.25) is 9.78 Å². The lowest BCUT2D eigenvalue weighted by atomic mass is 10.1. The molecule has 5 rings (SSSR count). The molecule has 0 spiro atoms. The van der Waals surface area contributed by atoms with Gasteiger partial charge in [-0.1, -0.05) is 18.2 Å². The van der Waals surface area contributed by atoms with Crippen molar-refractivity contribution >= 4 is 33.4 Å². The molecule has 1 aliphatic heterocycles. The van der Waals surface area contributed by atoms with Gasteiger partial charge in [-0.05, 0) is 78.2 Å². The molecule has 1 amide bonds. The molecule has 164 valence electrons. The van der Waals surface area contributed by atoms with Gasteiger partial charge in [-0.25, -0.2) is 8.93 Å². The number of nitrogens with zero attached hydrogens (tertiary/aromatic N) is 1. The van der Waals surface area contributed by atoms with Crippen molar-refractivity contribution in [2.24, 2.45) is 5.92 Å². The van der Waals surface area contributed by atoms with Crippen LogP contribution in [0.1, 0.15) is 30.7 Å². The predicted octanol–water partition coefficient (Wildman–Crippen LogP) is 3.86. The zero-order valence-electron chi connectivity index (χ0n) is 17.7. The summed E-state index contributed by atoms with van der Waals surface area (Å²) in [5, 5.41) is 8.37. The molecule has 1 fully saturated rings. The van der Waals surface area contributed by atoms with E-state index in [4.69, 9.17) is 0 Å². The van der Waals surface area contributed by atoms with Gasteiger partial charge in [-0.2, -0.15) is 0 Å². The molecular weight excluding hydrogens is 420 g/mol. The molecule has 3 N–H and O–H groups in total. The first-order chi connectivity index (χ1) is 15.7. The molecule has 2 unspecified atom stereocenters. The van der Waals surface area contributed by atoms with Crippen LogP contribution in [0.25, 0.3) is 10.8 Å². The summed E-state index contributed by atoms with van der Waals surface area (Å²) in [5.74, 6) is 0.240. The van der Waals surface area contributed by atoms with Crippen molar-refractivity contribution in [2.45, 2.75) is 30.1 Å².